The molecule has 13 nitrogen and oxygen atoms in total. The van der Waals surface area contributed by atoms with Crippen LogP contribution in [-0.2, 0) is 52.5 Å². The Kier molecular flexibility index (Phi) is 10.8. The number of esters is 5. The molecule has 1 saturated heterocycles. The predicted molar refractivity (Wildman–Crippen MR) is 126 cm³/mol. The molecule has 1 aliphatic rings. The zero-order valence-corrected chi connectivity index (χ0v) is 22.0. The highest BCUT2D eigenvalue weighted by Gasteiger charge is 2.48. The Morgan fingerprint density at radius 1 is 0.816 bits per heavy atom. The average molecular weight is 538 g/mol. The highest BCUT2D eigenvalue weighted by atomic mass is 16.6. The van der Waals surface area contributed by atoms with Gasteiger partial charge in [-0.1, -0.05) is 12.1 Å². The standard InChI is InChI=1S/C25H31NO12/c1-13(27)26-11-21(38-25(26)19-7-9-20(10-8-19)34-15(3)29)23(36-17(5)31)24(37-18(6)32)22(35-16(4)30)12-33-14(2)28/h7-10,21-25H,11-12H2,1-6H3/t21-,22+,23+,24+,25+/m0/s1. The number of amides is 1. The lowest BCUT2D eigenvalue weighted by molar-refractivity contribution is -0.200. The third-order valence-electron chi connectivity index (χ3n) is 5.22. The van der Waals surface area contributed by atoms with Crippen LogP contribution in [-0.4, -0.2) is 78.2 Å². The Hall–Kier alpha value is -4.00. The molecule has 5 atom stereocenters. The summed E-state index contributed by atoms with van der Waals surface area (Å²) in [6.45, 7) is 6.43. The van der Waals surface area contributed by atoms with Crippen LogP contribution in [0.4, 0.5) is 0 Å². The van der Waals surface area contributed by atoms with Crippen LogP contribution in [0, 0.1) is 0 Å². The van der Waals surface area contributed by atoms with Crippen molar-refractivity contribution in [1.29, 1.82) is 0 Å². The number of hydrogen-bond donors (Lipinski definition) is 0. The van der Waals surface area contributed by atoms with Crippen LogP contribution in [0.3, 0.4) is 0 Å². The largest absolute Gasteiger partial charge is 0.462 e. The molecule has 13 heteroatoms. The van der Waals surface area contributed by atoms with E-state index in [2.05, 4.69) is 0 Å². The molecule has 0 aliphatic carbocycles. The van der Waals surface area contributed by atoms with E-state index in [4.69, 9.17) is 28.4 Å². The van der Waals surface area contributed by atoms with Gasteiger partial charge in [-0.05, 0) is 12.1 Å². The van der Waals surface area contributed by atoms with E-state index in [9.17, 15) is 28.8 Å². The van der Waals surface area contributed by atoms with E-state index in [1.807, 2.05) is 0 Å². The van der Waals surface area contributed by atoms with Crippen LogP contribution in [0.25, 0.3) is 0 Å². The van der Waals surface area contributed by atoms with Gasteiger partial charge in [-0.15, -0.1) is 0 Å². The van der Waals surface area contributed by atoms with Crippen molar-refractivity contribution in [2.45, 2.75) is 72.2 Å². The minimum absolute atomic E-state index is 0.0955. The molecule has 0 unspecified atom stereocenters. The molecule has 1 amide bonds. The number of nitrogens with zero attached hydrogens (tertiary/aromatic N) is 1. The number of ether oxygens (including phenoxy) is 6. The fraction of sp³-hybridized carbons (Fsp3) is 0.520. The average Bonchev–Trinajstić information content (AvgIpc) is 3.24. The molecule has 38 heavy (non-hydrogen) atoms. The van der Waals surface area contributed by atoms with E-state index in [1.54, 1.807) is 12.1 Å². The van der Waals surface area contributed by atoms with Crippen molar-refractivity contribution >= 4 is 35.8 Å². The van der Waals surface area contributed by atoms with E-state index >= 15 is 0 Å². The van der Waals surface area contributed by atoms with Crippen LogP contribution < -0.4 is 4.74 Å². The molecule has 1 aromatic rings. The predicted octanol–water partition coefficient (Wildman–Crippen LogP) is 1.22. The Bertz CT molecular complexity index is 1050. The van der Waals surface area contributed by atoms with E-state index < -0.39 is 67.1 Å². The highest BCUT2D eigenvalue weighted by molar-refractivity contribution is 5.74. The lowest BCUT2D eigenvalue weighted by Crippen LogP contribution is -2.53. The summed E-state index contributed by atoms with van der Waals surface area (Å²) in [6.07, 6.45) is -6.19. The molecule has 0 N–H and O–H groups in total. The maximum atomic E-state index is 12.5. The third-order valence-corrected chi connectivity index (χ3v) is 5.22. The molecule has 1 aromatic carbocycles. The summed E-state index contributed by atoms with van der Waals surface area (Å²) in [4.78, 5) is 72.4. The number of hydrogen-bond acceptors (Lipinski definition) is 12. The second kappa shape index (κ2) is 13.5. The second-order valence-electron chi connectivity index (χ2n) is 8.46. The van der Waals surface area contributed by atoms with Gasteiger partial charge in [-0.2, -0.15) is 0 Å². The topological polar surface area (TPSA) is 161 Å². The smallest absolute Gasteiger partial charge is 0.308 e. The highest BCUT2D eigenvalue weighted by Crippen LogP contribution is 2.35. The van der Waals surface area contributed by atoms with Gasteiger partial charge in [0, 0.05) is 47.1 Å². The van der Waals surface area contributed by atoms with Gasteiger partial charge < -0.3 is 33.3 Å². The first kappa shape index (κ1) is 30.2. The molecule has 0 aromatic heterocycles. The SMILES string of the molecule is CC(=O)OC[C@@H](OC(C)=O)[C@@H](OC(C)=O)[C@H](OC(C)=O)[C@@H]1CN(C(C)=O)[C@@H](c2ccc(OC(C)=O)cc2)O1. The Morgan fingerprint density at radius 3 is 1.87 bits per heavy atom. The van der Waals surface area contributed by atoms with Gasteiger partial charge in [0.15, 0.2) is 24.5 Å². The minimum Gasteiger partial charge on any atom is -0.462 e. The van der Waals surface area contributed by atoms with Gasteiger partial charge >= 0.3 is 29.8 Å². The van der Waals surface area contributed by atoms with Gasteiger partial charge in [0.25, 0.3) is 0 Å². The second-order valence-corrected chi connectivity index (χ2v) is 8.46. The molecule has 0 radical (unpaired) electrons. The first-order valence-corrected chi connectivity index (χ1v) is 11.6. The normalized spacial score (nSPS) is 18.9. The van der Waals surface area contributed by atoms with Crippen molar-refractivity contribution in [3.8, 4) is 5.75 Å². The summed E-state index contributed by atoms with van der Waals surface area (Å²) in [6, 6.07) is 6.22. The number of carbonyl (C=O) groups excluding carboxylic acids is 6. The van der Waals surface area contributed by atoms with Crippen molar-refractivity contribution < 1.29 is 57.2 Å². The van der Waals surface area contributed by atoms with E-state index in [0.717, 1.165) is 27.7 Å². The molecule has 0 saturated carbocycles. The van der Waals surface area contributed by atoms with Gasteiger partial charge in [0.05, 0.1) is 6.54 Å². The molecule has 208 valence electrons. The van der Waals surface area contributed by atoms with Crippen molar-refractivity contribution in [2.24, 2.45) is 0 Å². The molecule has 0 spiro atoms. The summed E-state index contributed by atoms with van der Waals surface area (Å²) >= 11 is 0. The Labute approximate surface area is 219 Å². The quantitative estimate of drug-likeness (QED) is 0.239. The molecule has 0 bridgehead atoms. The molecular formula is C25H31NO12. The van der Waals surface area contributed by atoms with Crippen LogP contribution in [0.2, 0.25) is 0 Å². The molecule has 1 fully saturated rings. The number of benzene rings is 1. The number of rotatable bonds is 10. The van der Waals surface area contributed by atoms with Crippen molar-refractivity contribution in [3.63, 3.8) is 0 Å². The van der Waals surface area contributed by atoms with Gasteiger partial charge in [0.2, 0.25) is 5.91 Å². The van der Waals surface area contributed by atoms with Crippen molar-refractivity contribution in [3.05, 3.63) is 29.8 Å². The number of carbonyl (C=O) groups is 6. The van der Waals surface area contributed by atoms with Crippen molar-refractivity contribution in [2.75, 3.05) is 13.2 Å². The summed E-state index contributed by atoms with van der Waals surface area (Å²) in [5.41, 5.74) is 0.515. The molecular weight excluding hydrogens is 506 g/mol. The first-order chi connectivity index (χ1) is 17.8. The summed E-state index contributed by atoms with van der Waals surface area (Å²) in [5, 5.41) is 0. The van der Waals surface area contributed by atoms with Gasteiger partial charge in [-0.3, -0.25) is 28.8 Å². The fourth-order valence-electron chi connectivity index (χ4n) is 3.87. The maximum Gasteiger partial charge on any atom is 0.308 e. The van der Waals surface area contributed by atoms with E-state index in [-0.39, 0.29) is 18.2 Å². The fourth-order valence-corrected chi connectivity index (χ4v) is 3.87. The van der Waals surface area contributed by atoms with Crippen LogP contribution in [0.1, 0.15) is 53.3 Å². The van der Waals surface area contributed by atoms with Crippen LogP contribution in [0.5, 0.6) is 5.75 Å². The summed E-state index contributed by atoms with van der Waals surface area (Å²) < 4.78 is 32.3. The maximum absolute atomic E-state index is 12.5. The van der Waals surface area contributed by atoms with Crippen LogP contribution in [0.15, 0.2) is 24.3 Å². The van der Waals surface area contributed by atoms with Gasteiger partial charge in [-0.25, -0.2) is 0 Å². The lowest BCUT2D eigenvalue weighted by Gasteiger charge is -2.34. The molecule has 2 rings (SSSR count). The Morgan fingerprint density at radius 2 is 1.39 bits per heavy atom. The zero-order valence-electron chi connectivity index (χ0n) is 22.0. The lowest BCUT2D eigenvalue weighted by atomic mass is 10.0. The van der Waals surface area contributed by atoms with E-state index in [1.165, 1.54) is 30.9 Å². The third kappa shape index (κ3) is 8.83. The summed E-state index contributed by atoms with van der Waals surface area (Å²) in [7, 11) is 0. The monoisotopic (exact) mass is 537 g/mol. The van der Waals surface area contributed by atoms with Crippen LogP contribution >= 0.6 is 0 Å². The van der Waals surface area contributed by atoms with Gasteiger partial charge in [0.1, 0.15) is 18.5 Å². The first-order valence-electron chi connectivity index (χ1n) is 11.6. The van der Waals surface area contributed by atoms with Crippen molar-refractivity contribution in [1.82, 2.24) is 4.90 Å². The minimum atomic E-state index is -1.46. The Balaban J connectivity index is 2.46. The van der Waals surface area contributed by atoms with E-state index in [0.29, 0.717) is 5.56 Å². The summed E-state index contributed by atoms with van der Waals surface area (Å²) in [5.74, 6) is -3.62. The molecule has 1 heterocycles. The zero-order chi connectivity index (χ0) is 28.6. The molecule has 1 aliphatic heterocycles.